The highest BCUT2D eigenvalue weighted by molar-refractivity contribution is 6.31. The Bertz CT molecular complexity index is 986. The number of carbonyl (C=O) groups is 1. The zero-order valence-electron chi connectivity index (χ0n) is 15.2. The quantitative estimate of drug-likeness (QED) is 0.679. The molecule has 0 aliphatic carbocycles. The average molecular weight is 402 g/mol. The van der Waals surface area contributed by atoms with Crippen molar-refractivity contribution in [2.24, 2.45) is 0 Å². The molecule has 146 valence electrons. The molecule has 2 aromatic heterocycles. The van der Waals surface area contributed by atoms with Gasteiger partial charge in [-0.25, -0.2) is 14.3 Å². The Morgan fingerprint density at radius 2 is 2.18 bits per heavy atom. The summed E-state index contributed by atoms with van der Waals surface area (Å²) in [5.74, 6) is 0.408. The normalized spacial score (nSPS) is 19.2. The topological polar surface area (TPSA) is 101 Å². The Morgan fingerprint density at radius 3 is 3.00 bits per heavy atom. The number of aromatic nitrogens is 5. The van der Waals surface area contributed by atoms with Crippen LogP contribution in [0.25, 0.3) is 0 Å². The summed E-state index contributed by atoms with van der Waals surface area (Å²) in [6.45, 7) is 0.999. The third-order valence-electron chi connectivity index (χ3n) is 4.81. The molecule has 3 heterocycles. The van der Waals surface area contributed by atoms with Crippen LogP contribution in [0.15, 0.2) is 42.9 Å². The molecule has 2 N–H and O–H groups in total. The van der Waals surface area contributed by atoms with Crippen molar-refractivity contribution in [3.05, 3.63) is 59.3 Å². The largest absolute Gasteiger partial charge is 0.371 e. The van der Waals surface area contributed by atoms with Crippen molar-refractivity contribution >= 4 is 23.3 Å². The van der Waals surface area contributed by atoms with E-state index in [1.807, 2.05) is 24.3 Å². The molecule has 1 aromatic carbocycles. The Hall–Kier alpha value is -2.91. The van der Waals surface area contributed by atoms with Gasteiger partial charge in [0.15, 0.2) is 0 Å². The van der Waals surface area contributed by atoms with Gasteiger partial charge >= 0.3 is 0 Å². The second-order valence-corrected chi connectivity index (χ2v) is 7.07. The molecule has 0 spiro atoms. The molecule has 0 radical (unpaired) electrons. The van der Waals surface area contributed by atoms with Crippen LogP contribution in [-0.4, -0.2) is 54.9 Å². The Kier molecular flexibility index (Phi) is 5.01. The van der Waals surface area contributed by atoms with Crippen LogP contribution in [0.4, 0.5) is 5.82 Å². The maximum atomic E-state index is 12.6. The summed E-state index contributed by atoms with van der Waals surface area (Å²) in [5.41, 5.74) is 0.885. The Labute approximate surface area is 166 Å². The summed E-state index contributed by atoms with van der Waals surface area (Å²) < 4.78 is 3.35. The molecule has 9 nitrogen and oxygen atoms in total. The van der Waals surface area contributed by atoms with Gasteiger partial charge in [0.05, 0.1) is 18.8 Å². The van der Waals surface area contributed by atoms with Gasteiger partial charge in [0.2, 0.25) is 5.82 Å². The van der Waals surface area contributed by atoms with Gasteiger partial charge in [-0.05, 0) is 18.1 Å². The van der Waals surface area contributed by atoms with Crippen molar-refractivity contribution in [1.29, 1.82) is 0 Å². The summed E-state index contributed by atoms with van der Waals surface area (Å²) in [4.78, 5) is 18.4. The molecule has 2 unspecified atom stereocenters. The number of hydrogen-bond donors (Lipinski definition) is 2. The first-order valence-corrected chi connectivity index (χ1v) is 9.27. The van der Waals surface area contributed by atoms with Crippen LogP contribution in [-0.2, 0) is 13.1 Å². The lowest BCUT2D eigenvalue weighted by molar-refractivity contribution is 0.0818. The number of benzene rings is 1. The number of halogens is 1. The number of hydrogen-bond acceptors (Lipinski definition) is 6. The maximum Gasteiger partial charge on any atom is 0.291 e. The van der Waals surface area contributed by atoms with Crippen molar-refractivity contribution in [1.82, 2.24) is 29.9 Å². The van der Waals surface area contributed by atoms with E-state index >= 15 is 0 Å². The van der Waals surface area contributed by atoms with E-state index in [1.165, 1.54) is 6.33 Å². The molecule has 1 aliphatic heterocycles. The van der Waals surface area contributed by atoms with Gasteiger partial charge in [-0.1, -0.05) is 29.8 Å². The fourth-order valence-corrected chi connectivity index (χ4v) is 3.46. The Balaban J connectivity index is 1.43. The highest BCUT2D eigenvalue weighted by Gasteiger charge is 2.30. The van der Waals surface area contributed by atoms with Gasteiger partial charge in [0, 0.05) is 24.7 Å². The van der Waals surface area contributed by atoms with Crippen LogP contribution in [0.2, 0.25) is 5.02 Å². The molecule has 28 heavy (non-hydrogen) atoms. The number of fused-ring (bicyclic) bond motifs is 1. The lowest BCUT2D eigenvalue weighted by Crippen LogP contribution is -2.50. The average Bonchev–Trinajstić information content (AvgIpc) is 3.33. The second kappa shape index (κ2) is 7.61. The summed E-state index contributed by atoms with van der Waals surface area (Å²) in [6.07, 6.45) is 2.83. The number of aliphatic hydroxyl groups is 1. The van der Waals surface area contributed by atoms with Crippen LogP contribution in [0, 0.1) is 0 Å². The van der Waals surface area contributed by atoms with E-state index in [-0.39, 0.29) is 5.82 Å². The van der Waals surface area contributed by atoms with E-state index in [9.17, 15) is 9.90 Å². The van der Waals surface area contributed by atoms with E-state index in [4.69, 9.17) is 11.6 Å². The molecule has 10 heteroatoms. The van der Waals surface area contributed by atoms with Gasteiger partial charge in [0.25, 0.3) is 5.91 Å². The number of aryl methyl sites for hydroxylation is 1. The van der Waals surface area contributed by atoms with Crippen LogP contribution in [0.3, 0.4) is 0 Å². The van der Waals surface area contributed by atoms with Crippen molar-refractivity contribution < 1.29 is 9.90 Å². The minimum atomic E-state index is -0.882. The first-order valence-electron chi connectivity index (χ1n) is 8.89. The number of nitrogens with zero attached hydrogens (tertiary/aromatic N) is 6. The molecule has 1 aliphatic rings. The number of carbonyl (C=O) groups excluding carboxylic acids is 1. The fraction of sp³-hybridized carbons (Fsp3) is 0.333. The highest BCUT2D eigenvalue weighted by Crippen LogP contribution is 2.21. The zero-order valence-corrected chi connectivity index (χ0v) is 16.0. The maximum absolute atomic E-state index is 12.6. The lowest BCUT2D eigenvalue weighted by atomic mass is 10.1. The molecule has 0 saturated carbocycles. The first kappa shape index (κ1) is 18.5. The second-order valence-electron chi connectivity index (χ2n) is 6.66. The number of amides is 1. The minimum Gasteiger partial charge on any atom is -0.371 e. The molecule has 1 amide bonds. The number of nitrogens with one attached hydrogen (secondary N) is 1. The number of rotatable bonds is 4. The van der Waals surface area contributed by atoms with E-state index in [2.05, 4.69) is 20.5 Å². The van der Waals surface area contributed by atoms with Gasteiger partial charge < -0.3 is 15.3 Å². The molecule has 0 bridgehead atoms. The van der Waals surface area contributed by atoms with Crippen molar-refractivity contribution in [2.45, 2.75) is 31.8 Å². The molecule has 2 atom stereocenters. The minimum absolute atomic E-state index is 0.0453. The number of aliphatic hydroxyl groups excluding tert-OH is 1. The van der Waals surface area contributed by atoms with Crippen LogP contribution in [0.5, 0.6) is 0 Å². The van der Waals surface area contributed by atoms with Crippen LogP contribution >= 0.6 is 11.6 Å². The monoisotopic (exact) mass is 401 g/mol. The predicted molar refractivity (Wildman–Crippen MR) is 103 cm³/mol. The SMILES string of the molecule is CN1c2ccnn2CCC(NC(=O)c2ncn(Cc3ccccc3Cl)n2)C1O. The van der Waals surface area contributed by atoms with Crippen molar-refractivity contribution in [2.75, 3.05) is 11.9 Å². The predicted octanol–water partition coefficient (Wildman–Crippen LogP) is 1.13. The lowest BCUT2D eigenvalue weighted by Gasteiger charge is -2.28. The van der Waals surface area contributed by atoms with Crippen LogP contribution < -0.4 is 10.2 Å². The smallest absolute Gasteiger partial charge is 0.291 e. The molecule has 3 aromatic rings. The summed E-state index contributed by atoms with van der Waals surface area (Å²) in [7, 11) is 1.76. The number of likely N-dealkylation sites (N-methyl/N-ethyl adjacent to an activating group) is 1. The Morgan fingerprint density at radius 1 is 1.36 bits per heavy atom. The first-order chi connectivity index (χ1) is 13.5. The highest BCUT2D eigenvalue weighted by atomic mass is 35.5. The van der Waals surface area contributed by atoms with Gasteiger partial charge in [0.1, 0.15) is 18.4 Å². The third kappa shape index (κ3) is 3.58. The van der Waals surface area contributed by atoms with Crippen LogP contribution in [0.1, 0.15) is 22.6 Å². The summed E-state index contributed by atoms with van der Waals surface area (Å²) in [6, 6.07) is 8.79. The fourth-order valence-electron chi connectivity index (χ4n) is 3.27. The standard InChI is InChI=1S/C18H20ClN7O2/c1-24-15-6-8-21-26(15)9-7-14(18(24)28)22-17(27)16-20-11-25(23-16)10-12-4-2-3-5-13(12)19/h2-6,8,11,14,18,28H,7,9-10H2,1H3,(H,22,27). The summed E-state index contributed by atoms with van der Waals surface area (Å²) in [5, 5.41) is 22.5. The van der Waals surface area contributed by atoms with E-state index in [1.54, 1.807) is 33.6 Å². The molecule has 4 rings (SSSR count). The van der Waals surface area contributed by atoms with E-state index < -0.39 is 18.2 Å². The molecular formula is C18H20ClN7O2. The zero-order chi connectivity index (χ0) is 19.7. The van der Waals surface area contributed by atoms with Gasteiger partial charge in [-0.2, -0.15) is 5.10 Å². The molecule has 0 fully saturated rings. The molecule has 0 saturated heterocycles. The number of anilines is 1. The van der Waals surface area contributed by atoms with Gasteiger partial charge in [-0.15, -0.1) is 5.10 Å². The molecular weight excluding hydrogens is 382 g/mol. The van der Waals surface area contributed by atoms with Crippen molar-refractivity contribution in [3.63, 3.8) is 0 Å². The van der Waals surface area contributed by atoms with Gasteiger partial charge in [-0.3, -0.25) is 4.79 Å². The van der Waals surface area contributed by atoms with Crippen molar-refractivity contribution in [3.8, 4) is 0 Å². The summed E-state index contributed by atoms with van der Waals surface area (Å²) >= 11 is 6.17. The van der Waals surface area contributed by atoms with E-state index in [0.717, 1.165) is 11.4 Å². The third-order valence-corrected chi connectivity index (χ3v) is 5.18. The van der Waals surface area contributed by atoms with E-state index in [0.29, 0.717) is 24.5 Å².